The van der Waals surface area contributed by atoms with Gasteiger partial charge in [-0.1, -0.05) is 42.0 Å². The van der Waals surface area contributed by atoms with Crippen LogP contribution in [0.2, 0.25) is 0 Å². The molecule has 132 valence electrons. The average molecular weight is 345 g/mol. The highest BCUT2D eigenvalue weighted by Crippen LogP contribution is 2.20. The van der Waals surface area contributed by atoms with Crippen molar-refractivity contribution >= 4 is 5.91 Å². The molecule has 3 rings (SSSR count). The monoisotopic (exact) mass is 345 g/mol. The van der Waals surface area contributed by atoms with Crippen molar-refractivity contribution < 1.29 is 4.79 Å². The van der Waals surface area contributed by atoms with E-state index in [0.717, 1.165) is 17.0 Å². The van der Waals surface area contributed by atoms with E-state index in [0.29, 0.717) is 6.42 Å². The molecule has 0 aliphatic carbocycles. The number of amides is 1. The van der Waals surface area contributed by atoms with Gasteiger partial charge in [0.2, 0.25) is 5.91 Å². The maximum atomic E-state index is 12.8. The fraction of sp³-hybridized carbons (Fsp3) is 0.227. The molecule has 2 aromatic heterocycles. The van der Waals surface area contributed by atoms with Gasteiger partial charge in [-0.15, -0.1) is 0 Å². The van der Waals surface area contributed by atoms with Crippen LogP contribution in [-0.4, -0.2) is 15.9 Å². The van der Waals surface area contributed by atoms with Crippen LogP contribution >= 0.6 is 0 Å². The number of hydrogen-bond donors (Lipinski definition) is 1. The minimum atomic E-state index is -0.319. The average Bonchev–Trinajstić information content (AvgIpc) is 2.70. The number of carbonyl (C=O) groups is 1. The van der Waals surface area contributed by atoms with E-state index in [2.05, 4.69) is 46.5 Å². The molecule has 0 saturated carbocycles. The van der Waals surface area contributed by atoms with Crippen molar-refractivity contribution in [2.75, 3.05) is 0 Å². The van der Waals surface area contributed by atoms with Crippen molar-refractivity contribution in [1.82, 2.24) is 15.3 Å². The van der Waals surface area contributed by atoms with Crippen molar-refractivity contribution in [3.8, 4) is 0 Å². The van der Waals surface area contributed by atoms with Crippen LogP contribution in [0.3, 0.4) is 0 Å². The summed E-state index contributed by atoms with van der Waals surface area (Å²) in [6.07, 6.45) is 4.16. The molecule has 0 saturated heterocycles. The highest BCUT2D eigenvalue weighted by molar-refractivity contribution is 5.83. The Morgan fingerprint density at radius 3 is 2.12 bits per heavy atom. The van der Waals surface area contributed by atoms with Gasteiger partial charge in [0.05, 0.1) is 23.3 Å². The summed E-state index contributed by atoms with van der Waals surface area (Å²) in [6, 6.07) is 19.6. The zero-order valence-corrected chi connectivity index (χ0v) is 15.1. The molecule has 2 heterocycles. The quantitative estimate of drug-likeness (QED) is 0.735. The molecular formula is C22H23N3O. The molecule has 0 aliphatic heterocycles. The number of pyridine rings is 2. The predicted molar refractivity (Wildman–Crippen MR) is 103 cm³/mol. The second-order valence-corrected chi connectivity index (χ2v) is 6.48. The third kappa shape index (κ3) is 4.54. The molecule has 0 aliphatic rings. The van der Waals surface area contributed by atoms with Gasteiger partial charge < -0.3 is 5.32 Å². The van der Waals surface area contributed by atoms with Gasteiger partial charge >= 0.3 is 0 Å². The molecule has 0 unspecified atom stereocenters. The number of nitrogens with zero attached hydrogens (tertiary/aromatic N) is 2. The van der Waals surface area contributed by atoms with Crippen LogP contribution in [0, 0.1) is 6.92 Å². The third-order valence-electron chi connectivity index (χ3n) is 4.45. The molecule has 1 aromatic carbocycles. The molecule has 0 bridgehead atoms. The Bertz CT molecular complexity index is 832. The lowest BCUT2D eigenvalue weighted by Gasteiger charge is -2.21. The van der Waals surface area contributed by atoms with E-state index in [1.165, 1.54) is 5.56 Å². The topological polar surface area (TPSA) is 54.9 Å². The van der Waals surface area contributed by atoms with Gasteiger partial charge in [0, 0.05) is 12.4 Å². The predicted octanol–water partition coefficient (Wildman–Crippen LogP) is 3.99. The van der Waals surface area contributed by atoms with Crippen LogP contribution in [0.5, 0.6) is 0 Å². The Morgan fingerprint density at radius 1 is 0.923 bits per heavy atom. The maximum absolute atomic E-state index is 12.8. The molecule has 0 radical (unpaired) electrons. The van der Waals surface area contributed by atoms with Crippen LogP contribution in [0.4, 0.5) is 0 Å². The molecule has 1 N–H and O–H groups in total. The molecule has 26 heavy (non-hydrogen) atoms. The van der Waals surface area contributed by atoms with Gasteiger partial charge in [-0.2, -0.15) is 0 Å². The van der Waals surface area contributed by atoms with Crippen LogP contribution in [-0.2, 0) is 11.2 Å². The second kappa shape index (κ2) is 8.39. The summed E-state index contributed by atoms with van der Waals surface area (Å²) in [6.45, 7) is 3.94. The van der Waals surface area contributed by atoms with Crippen LogP contribution in [0.15, 0.2) is 73.1 Å². The molecule has 3 aromatic rings. The lowest BCUT2D eigenvalue weighted by molar-refractivity contribution is -0.123. The SMILES string of the molecule is Cc1ccc(C[C@@H](NC(=O)[C@H](C)c2ccccn2)c2ccccn2)cc1. The van der Waals surface area contributed by atoms with Crippen molar-refractivity contribution in [2.45, 2.75) is 32.2 Å². The number of carbonyl (C=O) groups excluding carboxylic acids is 1. The highest BCUT2D eigenvalue weighted by Gasteiger charge is 2.22. The highest BCUT2D eigenvalue weighted by atomic mass is 16.1. The van der Waals surface area contributed by atoms with Crippen molar-refractivity contribution in [3.05, 3.63) is 95.6 Å². The Hall–Kier alpha value is -3.01. The molecule has 1 amide bonds. The van der Waals surface area contributed by atoms with E-state index in [9.17, 15) is 4.79 Å². The van der Waals surface area contributed by atoms with Gasteiger partial charge in [-0.05, 0) is 50.1 Å². The number of hydrogen-bond acceptors (Lipinski definition) is 3. The minimum absolute atomic E-state index is 0.0496. The summed E-state index contributed by atoms with van der Waals surface area (Å²) in [5.41, 5.74) is 4.00. The van der Waals surface area contributed by atoms with Crippen LogP contribution < -0.4 is 5.32 Å². The largest absolute Gasteiger partial charge is 0.347 e. The summed E-state index contributed by atoms with van der Waals surface area (Å²) in [5.74, 6) is -0.369. The molecule has 0 fully saturated rings. The first-order chi connectivity index (χ1) is 12.6. The fourth-order valence-electron chi connectivity index (χ4n) is 2.83. The van der Waals surface area contributed by atoms with Crippen molar-refractivity contribution in [2.24, 2.45) is 0 Å². The number of aryl methyl sites for hydroxylation is 1. The molecule has 4 heteroatoms. The zero-order valence-electron chi connectivity index (χ0n) is 15.1. The van der Waals surface area contributed by atoms with Crippen molar-refractivity contribution in [3.63, 3.8) is 0 Å². The summed E-state index contributed by atoms with van der Waals surface area (Å²) in [4.78, 5) is 21.5. The third-order valence-corrected chi connectivity index (χ3v) is 4.45. The van der Waals surface area contributed by atoms with Gasteiger partial charge in [0.1, 0.15) is 0 Å². The first-order valence-corrected chi connectivity index (χ1v) is 8.81. The van der Waals surface area contributed by atoms with Gasteiger partial charge in [0.15, 0.2) is 0 Å². The van der Waals surface area contributed by atoms with Gasteiger partial charge in [-0.3, -0.25) is 14.8 Å². The fourth-order valence-corrected chi connectivity index (χ4v) is 2.83. The van der Waals surface area contributed by atoms with Crippen molar-refractivity contribution in [1.29, 1.82) is 0 Å². The number of benzene rings is 1. The Balaban J connectivity index is 1.79. The smallest absolute Gasteiger partial charge is 0.229 e. The lowest BCUT2D eigenvalue weighted by atomic mass is 10.00. The standard InChI is InChI=1S/C22H23N3O/c1-16-9-11-18(12-10-16)15-21(20-8-4-6-14-24-20)25-22(26)17(2)19-7-3-5-13-23-19/h3-14,17,21H,15H2,1-2H3,(H,25,26)/t17-,21-/m1/s1. The summed E-state index contributed by atoms with van der Waals surface area (Å²) in [7, 11) is 0. The molecular weight excluding hydrogens is 322 g/mol. The van der Waals surface area contributed by atoms with Gasteiger partial charge in [0.25, 0.3) is 0 Å². The maximum Gasteiger partial charge on any atom is 0.229 e. The first kappa shape index (κ1) is 17.8. The number of aromatic nitrogens is 2. The Morgan fingerprint density at radius 2 is 1.54 bits per heavy atom. The first-order valence-electron chi connectivity index (χ1n) is 8.81. The summed E-state index contributed by atoms with van der Waals surface area (Å²) in [5, 5.41) is 3.15. The molecule has 0 spiro atoms. The van der Waals surface area contributed by atoms with Gasteiger partial charge in [-0.25, -0.2) is 0 Å². The number of nitrogens with one attached hydrogen (secondary N) is 1. The number of rotatable bonds is 6. The van der Waals surface area contributed by atoms with Crippen LogP contribution in [0.1, 0.15) is 41.4 Å². The van der Waals surface area contributed by atoms with E-state index in [1.807, 2.05) is 43.3 Å². The zero-order chi connectivity index (χ0) is 18.4. The molecule has 2 atom stereocenters. The van der Waals surface area contributed by atoms with E-state index >= 15 is 0 Å². The van der Waals surface area contributed by atoms with E-state index in [4.69, 9.17) is 0 Å². The Kier molecular flexibility index (Phi) is 5.74. The summed E-state index contributed by atoms with van der Waals surface area (Å²) >= 11 is 0. The molecule has 4 nitrogen and oxygen atoms in total. The van der Waals surface area contributed by atoms with E-state index in [-0.39, 0.29) is 17.9 Å². The van der Waals surface area contributed by atoms with E-state index < -0.39 is 0 Å². The normalized spacial score (nSPS) is 13.0. The lowest BCUT2D eigenvalue weighted by Crippen LogP contribution is -2.33. The second-order valence-electron chi connectivity index (χ2n) is 6.48. The Labute approximate surface area is 154 Å². The van der Waals surface area contributed by atoms with E-state index in [1.54, 1.807) is 12.4 Å². The van der Waals surface area contributed by atoms with Crippen LogP contribution in [0.25, 0.3) is 0 Å². The minimum Gasteiger partial charge on any atom is -0.347 e. The summed E-state index contributed by atoms with van der Waals surface area (Å²) < 4.78 is 0.